The van der Waals surface area contributed by atoms with E-state index in [2.05, 4.69) is 9.88 Å². The first kappa shape index (κ1) is 12.8. The van der Waals surface area contributed by atoms with Crippen molar-refractivity contribution in [1.29, 1.82) is 5.26 Å². The number of anilines is 1. The van der Waals surface area contributed by atoms with Crippen LogP contribution in [-0.2, 0) is 4.74 Å². The lowest BCUT2D eigenvalue weighted by atomic mass is 10.0. The van der Waals surface area contributed by atoms with Gasteiger partial charge in [-0.05, 0) is 26.0 Å². The fraction of sp³-hybridized carbons (Fsp3) is 0.538. The molecule has 2 heterocycles. The van der Waals surface area contributed by atoms with E-state index < -0.39 is 0 Å². The number of nitrogens with zero attached hydrogens (tertiary/aromatic N) is 3. The lowest BCUT2D eigenvalue weighted by molar-refractivity contribution is -0.101. The van der Waals surface area contributed by atoms with E-state index in [-0.39, 0.29) is 18.3 Å². The van der Waals surface area contributed by atoms with Crippen LogP contribution < -0.4 is 4.90 Å². The zero-order chi connectivity index (χ0) is 13.2. The summed E-state index contributed by atoms with van der Waals surface area (Å²) in [4.78, 5) is 6.08. The average Bonchev–Trinajstić information content (AvgIpc) is 2.37. The van der Waals surface area contributed by atoms with Gasteiger partial charge in [-0.1, -0.05) is 0 Å². The molecule has 1 atom stereocenters. The third kappa shape index (κ3) is 2.78. The Morgan fingerprint density at radius 2 is 2.44 bits per heavy atom. The van der Waals surface area contributed by atoms with Crippen molar-refractivity contribution in [3.63, 3.8) is 0 Å². The molecule has 18 heavy (non-hydrogen) atoms. The molecule has 1 aromatic heterocycles. The molecule has 1 aliphatic rings. The molecule has 0 saturated carbocycles. The molecule has 5 heteroatoms. The van der Waals surface area contributed by atoms with E-state index in [1.165, 1.54) is 0 Å². The van der Waals surface area contributed by atoms with Crippen molar-refractivity contribution in [2.24, 2.45) is 0 Å². The van der Waals surface area contributed by atoms with Gasteiger partial charge in [0, 0.05) is 25.0 Å². The van der Waals surface area contributed by atoms with E-state index in [1.54, 1.807) is 12.3 Å². The topological polar surface area (TPSA) is 69.4 Å². The predicted molar refractivity (Wildman–Crippen MR) is 67.2 cm³/mol. The molecule has 0 spiro atoms. The smallest absolute Gasteiger partial charge is 0.142 e. The molecule has 0 aliphatic carbocycles. The van der Waals surface area contributed by atoms with Crippen LogP contribution in [0.4, 0.5) is 5.69 Å². The molecular formula is C13H17N3O2. The van der Waals surface area contributed by atoms with Crippen LogP contribution in [0.3, 0.4) is 0 Å². The lowest BCUT2D eigenvalue weighted by Gasteiger charge is -2.43. The third-order valence-electron chi connectivity index (χ3n) is 2.91. The molecule has 1 aromatic rings. The normalized spacial score (nSPS) is 22.6. The predicted octanol–water partition coefficient (Wildman–Crippen LogP) is 0.929. The van der Waals surface area contributed by atoms with Crippen molar-refractivity contribution in [3.05, 3.63) is 24.0 Å². The maximum absolute atomic E-state index is 9.27. The van der Waals surface area contributed by atoms with E-state index >= 15 is 0 Å². The Hall–Kier alpha value is -1.64. The van der Waals surface area contributed by atoms with Gasteiger partial charge < -0.3 is 14.7 Å². The van der Waals surface area contributed by atoms with E-state index in [0.29, 0.717) is 12.2 Å². The summed E-state index contributed by atoms with van der Waals surface area (Å²) in [6.45, 7) is 5.33. The van der Waals surface area contributed by atoms with Gasteiger partial charge in [-0.15, -0.1) is 0 Å². The molecule has 1 saturated heterocycles. The van der Waals surface area contributed by atoms with Gasteiger partial charge in [-0.2, -0.15) is 5.26 Å². The molecule has 1 aliphatic heterocycles. The van der Waals surface area contributed by atoms with Crippen molar-refractivity contribution < 1.29 is 9.84 Å². The van der Waals surface area contributed by atoms with Gasteiger partial charge in [0.05, 0.1) is 18.3 Å². The van der Waals surface area contributed by atoms with Crippen LogP contribution in [0.5, 0.6) is 0 Å². The summed E-state index contributed by atoms with van der Waals surface area (Å²) < 4.78 is 5.76. The number of morpholine rings is 1. The monoisotopic (exact) mass is 247 g/mol. The highest BCUT2D eigenvalue weighted by Gasteiger charge is 2.33. The molecule has 1 fully saturated rings. The summed E-state index contributed by atoms with van der Waals surface area (Å²) in [5.41, 5.74) is 1.02. The van der Waals surface area contributed by atoms with Crippen molar-refractivity contribution in [3.8, 4) is 6.07 Å². The molecular weight excluding hydrogens is 230 g/mol. The average molecular weight is 247 g/mol. The van der Waals surface area contributed by atoms with Crippen LogP contribution in [0.2, 0.25) is 0 Å². The number of pyridine rings is 1. The molecule has 1 unspecified atom stereocenters. The number of aliphatic hydroxyl groups excluding tert-OH is 1. The van der Waals surface area contributed by atoms with Crippen LogP contribution >= 0.6 is 0 Å². The molecule has 2 rings (SSSR count). The number of rotatable bonds is 2. The Labute approximate surface area is 107 Å². The maximum atomic E-state index is 9.27. The highest BCUT2D eigenvalue weighted by molar-refractivity contribution is 5.49. The highest BCUT2D eigenvalue weighted by atomic mass is 16.5. The van der Waals surface area contributed by atoms with Crippen molar-refractivity contribution >= 4 is 5.69 Å². The zero-order valence-corrected chi connectivity index (χ0v) is 10.6. The minimum absolute atomic E-state index is 0.00385. The second-order valence-electron chi connectivity index (χ2n) is 5.07. The SMILES string of the molecule is CC1(C)CN(c2ccnc(C#N)c2)CC(CO)O1. The number of ether oxygens (including phenoxy) is 1. The first-order valence-corrected chi connectivity index (χ1v) is 5.94. The maximum Gasteiger partial charge on any atom is 0.142 e. The fourth-order valence-corrected chi connectivity index (χ4v) is 2.26. The van der Waals surface area contributed by atoms with Crippen LogP contribution in [-0.4, -0.2) is 41.5 Å². The van der Waals surface area contributed by atoms with Gasteiger partial charge in [0.2, 0.25) is 0 Å². The molecule has 0 radical (unpaired) electrons. The number of aromatic nitrogens is 1. The Bertz CT molecular complexity index is 468. The van der Waals surface area contributed by atoms with E-state index in [1.807, 2.05) is 26.0 Å². The fourth-order valence-electron chi connectivity index (χ4n) is 2.26. The largest absolute Gasteiger partial charge is 0.394 e. The molecule has 0 aromatic carbocycles. The van der Waals surface area contributed by atoms with Gasteiger partial charge in [0.1, 0.15) is 11.8 Å². The van der Waals surface area contributed by atoms with E-state index in [0.717, 1.165) is 12.2 Å². The number of aliphatic hydroxyl groups is 1. The van der Waals surface area contributed by atoms with Gasteiger partial charge in [-0.3, -0.25) is 0 Å². The molecule has 0 bridgehead atoms. The van der Waals surface area contributed by atoms with Crippen LogP contribution in [0.25, 0.3) is 0 Å². The summed E-state index contributed by atoms with van der Waals surface area (Å²) >= 11 is 0. The van der Waals surface area contributed by atoms with E-state index in [4.69, 9.17) is 10.00 Å². The summed E-state index contributed by atoms with van der Waals surface area (Å²) in [6, 6.07) is 5.67. The standard InChI is InChI=1S/C13H17N3O2/c1-13(2)9-16(7-12(8-17)18-13)11-3-4-15-10(5-11)6-14/h3-5,12,17H,7-9H2,1-2H3. The van der Waals surface area contributed by atoms with E-state index in [9.17, 15) is 5.11 Å². The van der Waals surface area contributed by atoms with Crippen molar-refractivity contribution in [2.75, 3.05) is 24.6 Å². The van der Waals surface area contributed by atoms with Crippen LogP contribution in [0.1, 0.15) is 19.5 Å². The molecule has 96 valence electrons. The Kier molecular flexibility index (Phi) is 3.50. The lowest BCUT2D eigenvalue weighted by Crippen LogP contribution is -2.54. The first-order chi connectivity index (χ1) is 8.54. The van der Waals surface area contributed by atoms with Crippen LogP contribution in [0, 0.1) is 11.3 Å². The second-order valence-corrected chi connectivity index (χ2v) is 5.07. The minimum Gasteiger partial charge on any atom is -0.394 e. The summed E-state index contributed by atoms with van der Waals surface area (Å²) in [6.07, 6.45) is 1.43. The Morgan fingerprint density at radius 1 is 1.67 bits per heavy atom. The summed E-state index contributed by atoms with van der Waals surface area (Å²) in [7, 11) is 0. The zero-order valence-electron chi connectivity index (χ0n) is 10.6. The molecule has 0 amide bonds. The van der Waals surface area contributed by atoms with Gasteiger partial charge in [0.25, 0.3) is 0 Å². The van der Waals surface area contributed by atoms with Gasteiger partial charge in [-0.25, -0.2) is 4.98 Å². The second kappa shape index (κ2) is 4.92. The van der Waals surface area contributed by atoms with Gasteiger partial charge in [0.15, 0.2) is 0 Å². The summed E-state index contributed by atoms with van der Waals surface area (Å²) in [5, 5.41) is 18.1. The van der Waals surface area contributed by atoms with Gasteiger partial charge >= 0.3 is 0 Å². The Balaban J connectivity index is 2.23. The third-order valence-corrected chi connectivity index (χ3v) is 2.91. The van der Waals surface area contributed by atoms with Crippen molar-refractivity contribution in [1.82, 2.24) is 4.98 Å². The molecule has 1 N–H and O–H groups in total. The first-order valence-electron chi connectivity index (χ1n) is 5.94. The number of nitriles is 1. The van der Waals surface area contributed by atoms with Crippen LogP contribution in [0.15, 0.2) is 18.3 Å². The number of hydrogen-bond acceptors (Lipinski definition) is 5. The molecule has 5 nitrogen and oxygen atoms in total. The quantitative estimate of drug-likeness (QED) is 0.842. The number of hydrogen-bond donors (Lipinski definition) is 1. The highest BCUT2D eigenvalue weighted by Crippen LogP contribution is 2.25. The van der Waals surface area contributed by atoms with Crippen molar-refractivity contribution in [2.45, 2.75) is 25.6 Å². The minimum atomic E-state index is -0.318. The Morgan fingerprint density at radius 3 is 3.11 bits per heavy atom. The summed E-state index contributed by atoms with van der Waals surface area (Å²) in [5.74, 6) is 0.